The Labute approximate surface area is 153 Å². The first-order valence-corrected chi connectivity index (χ1v) is 9.09. The van der Waals surface area contributed by atoms with Gasteiger partial charge < -0.3 is 13.9 Å². The summed E-state index contributed by atoms with van der Waals surface area (Å²) in [4.78, 5) is 2.53. The molecule has 0 radical (unpaired) electrons. The van der Waals surface area contributed by atoms with Gasteiger partial charge in [-0.1, -0.05) is 24.3 Å². The van der Waals surface area contributed by atoms with Gasteiger partial charge >= 0.3 is 0 Å². The Bertz CT molecular complexity index is 938. The molecule has 4 nitrogen and oxygen atoms in total. The van der Waals surface area contributed by atoms with E-state index in [1.807, 2.05) is 19.2 Å². The standard InChI is InChI=1S/C20H23N3OS/c1-21-18-5-3-4-6-19(18)23(20(21)25)14-22(16-9-10-16)13-15-7-11-17(24-2)12-8-15/h3-8,11-12,16H,9-10,13-14H2,1-2H3. The van der Waals surface area contributed by atoms with Crippen LogP contribution in [-0.2, 0) is 20.3 Å². The first-order valence-electron chi connectivity index (χ1n) is 8.68. The number of benzene rings is 2. The zero-order valence-corrected chi connectivity index (χ0v) is 15.5. The van der Waals surface area contributed by atoms with E-state index in [9.17, 15) is 0 Å². The maximum atomic E-state index is 5.70. The van der Waals surface area contributed by atoms with E-state index in [1.54, 1.807) is 7.11 Å². The van der Waals surface area contributed by atoms with Gasteiger partial charge in [0.25, 0.3) is 0 Å². The number of para-hydroxylation sites is 2. The highest BCUT2D eigenvalue weighted by atomic mass is 32.1. The Balaban J connectivity index is 1.62. The molecule has 0 spiro atoms. The van der Waals surface area contributed by atoms with Crippen molar-refractivity contribution in [3.8, 4) is 5.75 Å². The minimum Gasteiger partial charge on any atom is -0.497 e. The predicted molar refractivity (Wildman–Crippen MR) is 103 cm³/mol. The Morgan fingerprint density at radius 3 is 2.40 bits per heavy atom. The average molecular weight is 353 g/mol. The number of methoxy groups -OCH3 is 1. The molecule has 0 aliphatic heterocycles. The van der Waals surface area contributed by atoms with Crippen molar-refractivity contribution in [1.29, 1.82) is 0 Å². The van der Waals surface area contributed by atoms with Crippen LogP contribution in [-0.4, -0.2) is 27.2 Å². The maximum absolute atomic E-state index is 5.70. The van der Waals surface area contributed by atoms with E-state index in [0.717, 1.165) is 23.7 Å². The number of aryl methyl sites for hydroxylation is 1. The third kappa shape index (κ3) is 3.22. The van der Waals surface area contributed by atoms with Crippen LogP contribution < -0.4 is 4.74 Å². The second-order valence-corrected chi connectivity index (χ2v) is 7.09. The second kappa shape index (κ2) is 6.65. The molecular formula is C20H23N3OS. The zero-order valence-electron chi connectivity index (χ0n) is 14.7. The van der Waals surface area contributed by atoms with Crippen molar-refractivity contribution < 1.29 is 4.74 Å². The Morgan fingerprint density at radius 1 is 1.08 bits per heavy atom. The van der Waals surface area contributed by atoms with Gasteiger partial charge in [-0.2, -0.15) is 0 Å². The number of imidazole rings is 1. The molecule has 25 heavy (non-hydrogen) atoms. The van der Waals surface area contributed by atoms with Crippen LogP contribution in [0.2, 0.25) is 0 Å². The molecular weight excluding hydrogens is 330 g/mol. The first-order chi connectivity index (χ1) is 12.2. The lowest BCUT2D eigenvalue weighted by atomic mass is 10.2. The summed E-state index contributed by atoms with van der Waals surface area (Å²) in [5.74, 6) is 0.901. The Morgan fingerprint density at radius 2 is 1.76 bits per heavy atom. The molecule has 1 aliphatic carbocycles. The molecule has 0 bridgehead atoms. The van der Waals surface area contributed by atoms with Gasteiger partial charge in [-0.15, -0.1) is 0 Å². The predicted octanol–water partition coefficient (Wildman–Crippen LogP) is 4.34. The average Bonchev–Trinajstić information content (AvgIpc) is 3.46. The molecule has 130 valence electrons. The molecule has 0 atom stereocenters. The zero-order chi connectivity index (χ0) is 17.4. The van der Waals surface area contributed by atoms with Crippen LogP contribution in [0.25, 0.3) is 11.0 Å². The van der Waals surface area contributed by atoms with Crippen LogP contribution in [0.3, 0.4) is 0 Å². The fraction of sp³-hybridized carbons (Fsp3) is 0.350. The third-order valence-electron chi connectivity index (χ3n) is 4.98. The van der Waals surface area contributed by atoms with Crippen molar-refractivity contribution >= 4 is 23.3 Å². The molecule has 4 rings (SSSR count). The summed E-state index contributed by atoms with van der Waals surface area (Å²) < 4.78 is 10.5. The Hall–Kier alpha value is -2.11. The van der Waals surface area contributed by atoms with Crippen LogP contribution in [0, 0.1) is 4.77 Å². The molecule has 3 aromatic rings. The summed E-state index contributed by atoms with van der Waals surface area (Å²) in [6, 6.07) is 17.5. The highest BCUT2D eigenvalue weighted by Crippen LogP contribution is 2.30. The van der Waals surface area contributed by atoms with Gasteiger partial charge in [0.05, 0.1) is 24.8 Å². The lowest BCUT2D eigenvalue weighted by Gasteiger charge is -2.23. The molecule has 2 aromatic carbocycles. The summed E-state index contributed by atoms with van der Waals surface area (Å²) in [5.41, 5.74) is 3.70. The summed E-state index contributed by atoms with van der Waals surface area (Å²) in [6.07, 6.45) is 2.54. The van der Waals surface area contributed by atoms with E-state index >= 15 is 0 Å². The van der Waals surface area contributed by atoms with E-state index in [0.29, 0.717) is 6.04 Å². The number of ether oxygens (including phenoxy) is 1. The van der Waals surface area contributed by atoms with Crippen molar-refractivity contribution in [1.82, 2.24) is 14.0 Å². The summed E-state index contributed by atoms with van der Waals surface area (Å²) in [7, 11) is 3.75. The topological polar surface area (TPSA) is 22.3 Å². The molecule has 5 heteroatoms. The highest BCUT2D eigenvalue weighted by molar-refractivity contribution is 7.71. The number of fused-ring (bicyclic) bond motifs is 1. The first kappa shape index (κ1) is 16.4. The van der Waals surface area contributed by atoms with Gasteiger partial charge in [-0.25, -0.2) is 0 Å². The molecule has 1 heterocycles. The van der Waals surface area contributed by atoms with Gasteiger partial charge in [-0.3, -0.25) is 4.90 Å². The van der Waals surface area contributed by atoms with Crippen LogP contribution in [0.15, 0.2) is 48.5 Å². The van der Waals surface area contributed by atoms with Crippen LogP contribution in [0.1, 0.15) is 18.4 Å². The maximum Gasteiger partial charge on any atom is 0.181 e. The van der Waals surface area contributed by atoms with Crippen LogP contribution >= 0.6 is 12.2 Å². The number of hydrogen-bond donors (Lipinski definition) is 0. The number of rotatable bonds is 6. The quantitative estimate of drug-likeness (QED) is 0.616. The van der Waals surface area contributed by atoms with Gasteiger partial charge in [0, 0.05) is 19.6 Å². The summed E-state index contributed by atoms with van der Waals surface area (Å²) in [6.45, 7) is 1.76. The molecule has 0 amide bonds. The molecule has 1 aliphatic rings. The van der Waals surface area contributed by atoms with Crippen molar-refractivity contribution in [2.24, 2.45) is 7.05 Å². The fourth-order valence-corrected chi connectivity index (χ4v) is 3.64. The van der Waals surface area contributed by atoms with E-state index < -0.39 is 0 Å². The molecule has 0 unspecified atom stereocenters. The number of nitrogens with zero attached hydrogens (tertiary/aromatic N) is 3. The van der Waals surface area contributed by atoms with Gasteiger partial charge in [0.2, 0.25) is 0 Å². The second-order valence-electron chi connectivity index (χ2n) is 6.73. The van der Waals surface area contributed by atoms with Gasteiger partial charge in [0.1, 0.15) is 5.75 Å². The SMILES string of the molecule is COc1ccc(CN(Cn2c(=S)n(C)c3ccccc32)C2CC2)cc1. The van der Waals surface area contributed by atoms with Crippen molar-refractivity contribution in [2.45, 2.75) is 32.1 Å². The lowest BCUT2D eigenvalue weighted by Crippen LogP contribution is -2.28. The van der Waals surface area contributed by atoms with Crippen molar-refractivity contribution in [2.75, 3.05) is 7.11 Å². The molecule has 1 saturated carbocycles. The minimum atomic E-state index is 0.656. The van der Waals surface area contributed by atoms with Crippen LogP contribution in [0.5, 0.6) is 5.75 Å². The van der Waals surface area contributed by atoms with Gasteiger partial charge in [-0.05, 0) is 54.9 Å². The third-order valence-corrected chi connectivity index (χ3v) is 5.48. The highest BCUT2D eigenvalue weighted by Gasteiger charge is 2.29. The molecule has 0 saturated heterocycles. The van der Waals surface area contributed by atoms with E-state index in [1.165, 1.54) is 29.4 Å². The van der Waals surface area contributed by atoms with Crippen molar-refractivity contribution in [3.05, 3.63) is 58.9 Å². The Kier molecular flexibility index (Phi) is 4.36. The van der Waals surface area contributed by atoms with Gasteiger partial charge in [0.15, 0.2) is 4.77 Å². The minimum absolute atomic E-state index is 0.656. The van der Waals surface area contributed by atoms with Crippen LogP contribution in [0.4, 0.5) is 0 Å². The number of hydrogen-bond acceptors (Lipinski definition) is 3. The van der Waals surface area contributed by atoms with E-state index in [-0.39, 0.29) is 0 Å². The largest absolute Gasteiger partial charge is 0.497 e. The molecule has 1 aromatic heterocycles. The summed E-state index contributed by atoms with van der Waals surface area (Å²) >= 11 is 5.70. The monoisotopic (exact) mass is 353 g/mol. The van der Waals surface area contributed by atoms with E-state index in [4.69, 9.17) is 17.0 Å². The number of aromatic nitrogens is 2. The smallest absolute Gasteiger partial charge is 0.181 e. The molecule has 0 N–H and O–H groups in total. The normalized spacial score (nSPS) is 14.4. The lowest BCUT2D eigenvalue weighted by molar-refractivity contribution is 0.200. The molecule has 1 fully saturated rings. The fourth-order valence-electron chi connectivity index (χ4n) is 3.38. The van der Waals surface area contributed by atoms with E-state index in [2.05, 4.69) is 50.4 Å². The summed E-state index contributed by atoms with van der Waals surface area (Å²) in [5, 5.41) is 0. The van der Waals surface area contributed by atoms with Crippen molar-refractivity contribution in [3.63, 3.8) is 0 Å².